The second-order valence-corrected chi connectivity index (χ2v) is 8.41. The molecule has 0 bridgehead atoms. The monoisotopic (exact) mass is 381 g/mol. The fourth-order valence-electron chi connectivity index (χ4n) is 5.20. The van der Waals surface area contributed by atoms with Crippen LogP contribution in [0.3, 0.4) is 0 Å². The van der Waals surface area contributed by atoms with Gasteiger partial charge in [0.05, 0.1) is 17.1 Å². The van der Waals surface area contributed by atoms with Crippen molar-refractivity contribution in [3.8, 4) is 6.07 Å². The van der Waals surface area contributed by atoms with Gasteiger partial charge < -0.3 is 5.73 Å². The standard InChI is InChI=1S/C13H22FN.C9H6N4/c1-9-11-3-2-4-12(13(9)11)15-7-5-10(14)6-8-15;10-4-6-1-2-8-7(3-6)9(11)13-5-12-8/h9-13H,2-8H2,1H3;1-3,5H,(H2,11,12,13)/t9-,11?,12+,13?;/m1./s1. The normalized spacial score (nSPS) is 30.0. The van der Waals surface area contributed by atoms with E-state index < -0.39 is 6.17 Å². The molecule has 5 nitrogen and oxygen atoms in total. The van der Waals surface area contributed by atoms with Gasteiger partial charge in [0.2, 0.25) is 0 Å². The SMILES string of the molecule is C[C@@H]1C2CCC[C@H](N3CCC(F)CC3)C21.N#Cc1ccc2ncnc(N)c2c1. The van der Waals surface area contributed by atoms with Gasteiger partial charge in [0, 0.05) is 24.5 Å². The van der Waals surface area contributed by atoms with Crippen molar-refractivity contribution in [3.05, 3.63) is 30.1 Å². The smallest absolute Gasteiger partial charge is 0.134 e. The summed E-state index contributed by atoms with van der Waals surface area (Å²) < 4.78 is 13.1. The first-order valence-electron chi connectivity index (χ1n) is 10.4. The highest BCUT2D eigenvalue weighted by molar-refractivity contribution is 5.88. The minimum Gasteiger partial charge on any atom is -0.383 e. The molecule has 3 aliphatic rings. The molecule has 1 aromatic heterocycles. The fraction of sp³-hybridized carbons (Fsp3) is 0.591. The van der Waals surface area contributed by atoms with Crippen molar-refractivity contribution in [2.45, 2.75) is 51.2 Å². The van der Waals surface area contributed by atoms with Crippen LogP contribution in [0.5, 0.6) is 0 Å². The van der Waals surface area contributed by atoms with Crippen LogP contribution in [0.1, 0.15) is 44.6 Å². The van der Waals surface area contributed by atoms with E-state index in [1.165, 1.54) is 25.6 Å². The number of likely N-dealkylation sites (tertiary alicyclic amines) is 1. The summed E-state index contributed by atoms with van der Waals surface area (Å²) in [5, 5.41) is 9.38. The Labute approximate surface area is 165 Å². The largest absolute Gasteiger partial charge is 0.383 e. The van der Waals surface area contributed by atoms with E-state index in [1.807, 2.05) is 6.07 Å². The lowest BCUT2D eigenvalue weighted by atomic mass is 9.92. The zero-order chi connectivity index (χ0) is 19.7. The average Bonchev–Trinajstić information content (AvgIpc) is 3.40. The second-order valence-electron chi connectivity index (χ2n) is 8.41. The molecule has 0 spiro atoms. The van der Waals surface area contributed by atoms with Gasteiger partial charge in [0.15, 0.2) is 0 Å². The van der Waals surface area contributed by atoms with E-state index in [9.17, 15) is 4.39 Å². The van der Waals surface area contributed by atoms with Crippen LogP contribution in [0.15, 0.2) is 24.5 Å². The quantitative estimate of drug-likeness (QED) is 0.809. The molecule has 1 aromatic carbocycles. The summed E-state index contributed by atoms with van der Waals surface area (Å²) in [5.41, 5.74) is 6.94. The highest BCUT2D eigenvalue weighted by atomic mass is 19.1. The first kappa shape index (κ1) is 19.1. The molecule has 3 fully saturated rings. The van der Waals surface area contributed by atoms with Crippen molar-refractivity contribution in [2.24, 2.45) is 17.8 Å². The number of anilines is 1. The Morgan fingerprint density at radius 1 is 1.18 bits per heavy atom. The number of benzene rings is 1. The second kappa shape index (κ2) is 8.00. The lowest BCUT2D eigenvalue weighted by Gasteiger charge is -2.37. The van der Waals surface area contributed by atoms with Gasteiger partial charge in [-0.05, 0) is 61.6 Å². The van der Waals surface area contributed by atoms with Crippen molar-refractivity contribution in [1.29, 1.82) is 5.26 Å². The highest BCUT2D eigenvalue weighted by Gasteiger charge is 2.54. The molecule has 5 rings (SSSR count). The van der Waals surface area contributed by atoms with E-state index in [-0.39, 0.29) is 0 Å². The maximum absolute atomic E-state index is 13.1. The maximum Gasteiger partial charge on any atom is 0.134 e. The third-order valence-electron chi connectivity index (χ3n) is 6.84. The summed E-state index contributed by atoms with van der Waals surface area (Å²) >= 11 is 0. The number of halogens is 1. The number of alkyl halides is 1. The van der Waals surface area contributed by atoms with Crippen molar-refractivity contribution in [2.75, 3.05) is 18.8 Å². The Hall–Kier alpha value is -2.26. The number of hydrogen-bond donors (Lipinski definition) is 1. The van der Waals surface area contributed by atoms with Crippen LogP contribution in [0.4, 0.5) is 10.2 Å². The molecule has 2 aliphatic carbocycles. The molecule has 1 saturated heterocycles. The van der Waals surface area contributed by atoms with Gasteiger partial charge in [-0.25, -0.2) is 14.4 Å². The number of fused-ring (bicyclic) bond motifs is 2. The van der Waals surface area contributed by atoms with E-state index in [1.54, 1.807) is 18.2 Å². The van der Waals surface area contributed by atoms with Crippen LogP contribution >= 0.6 is 0 Å². The lowest BCUT2D eigenvalue weighted by Crippen LogP contribution is -2.44. The Balaban J connectivity index is 0.000000139. The molecule has 148 valence electrons. The van der Waals surface area contributed by atoms with Gasteiger partial charge in [-0.15, -0.1) is 0 Å². The van der Waals surface area contributed by atoms with Gasteiger partial charge in [-0.1, -0.05) is 13.3 Å². The summed E-state index contributed by atoms with van der Waals surface area (Å²) in [6.45, 7) is 4.44. The third-order valence-corrected chi connectivity index (χ3v) is 6.84. The van der Waals surface area contributed by atoms with Crippen LogP contribution in [-0.2, 0) is 0 Å². The average molecular weight is 381 g/mol. The number of hydrogen-bond acceptors (Lipinski definition) is 5. The van der Waals surface area contributed by atoms with Crippen LogP contribution in [0, 0.1) is 29.1 Å². The predicted molar refractivity (Wildman–Crippen MR) is 108 cm³/mol. The minimum absolute atomic E-state index is 0.405. The van der Waals surface area contributed by atoms with Gasteiger partial charge in [0.1, 0.15) is 18.3 Å². The zero-order valence-corrected chi connectivity index (χ0v) is 16.4. The zero-order valence-electron chi connectivity index (χ0n) is 16.4. The predicted octanol–water partition coefficient (Wildman–Crippen LogP) is 3.94. The Kier molecular flexibility index (Phi) is 5.45. The molecular formula is C22H28FN5. The number of nitrogens with two attached hydrogens (primary N) is 1. The summed E-state index contributed by atoms with van der Waals surface area (Å²) in [7, 11) is 0. The fourth-order valence-corrected chi connectivity index (χ4v) is 5.20. The minimum atomic E-state index is -0.516. The van der Waals surface area contributed by atoms with Crippen LogP contribution < -0.4 is 5.73 Å². The molecular weight excluding hydrogens is 353 g/mol. The van der Waals surface area contributed by atoms with Crippen LogP contribution in [0.2, 0.25) is 0 Å². The summed E-state index contributed by atoms with van der Waals surface area (Å²) in [6, 6.07) is 7.99. The van der Waals surface area contributed by atoms with Gasteiger partial charge >= 0.3 is 0 Å². The van der Waals surface area contributed by atoms with Gasteiger partial charge in [0.25, 0.3) is 0 Å². The molecule has 0 amide bonds. The molecule has 2 unspecified atom stereocenters. The van der Waals surface area contributed by atoms with E-state index in [2.05, 4.69) is 21.8 Å². The topological polar surface area (TPSA) is 78.8 Å². The Morgan fingerprint density at radius 3 is 2.71 bits per heavy atom. The maximum atomic E-state index is 13.1. The number of nitrogen functional groups attached to an aromatic ring is 1. The van der Waals surface area contributed by atoms with Crippen LogP contribution in [0.25, 0.3) is 10.9 Å². The van der Waals surface area contributed by atoms with Gasteiger partial charge in [-0.2, -0.15) is 5.26 Å². The van der Waals surface area contributed by atoms with E-state index in [4.69, 9.17) is 11.0 Å². The molecule has 2 saturated carbocycles. The summed E-state index contributed by atoms with van der Waals surface area (Å²) in [4.78, 5) is 10.5. The Morgan fingerprint density at radius 2 is 1.96 bits per heavy atom. The highest BCUT2D eigenvalue weighted by Crippen LogP contribution is 2.56. The van der Waals surface area contributed by atoms with E-state index >= 15 is 0 Å². The van der Waals surface area contributed by atoms with Crippen molar-refractivity contribution in [1.82, 2.24) is 14.9 Å². The van der Waals surface area contributed by atoms with E-state index in [0.29, 0.717) is 11.4 Å². The van der Waals surface area contributed by atoms with E-state index in [0.717, 1.165) is 60.6 Å². The molecule has 4 atom stereocenters. The molecule has 1 aliphatic heterocycles. The number of nitriles is 1. The number of piperidine rings is 1. The van der Waals surface area contributed by atoms with Crippen molar-refractivity contribution in [3.63, 3.8) is 0 Å². The lowest BCUT2D eigenvalue weighted by molar-refractivity contribution is 0.0828. The molecule has 2 heterocycles. The first-order valence-corrected chi connectivity index (χ1v) is 10.4. The van der Waals surface area contributed by atoms with Crippen LogP contribution in [-0.4, -0.2) is 40.2 Å². The van der Waals surface area contributed by atoms with Gasteiger partial charge in [-0.3, -0.25) is 4.90 Å². The molecule has 2 aromatic rings. The molecule has 0 radical (unpaired) electrons. The summed E-state index contributed by atoms with van der Waals surface area (Å²) in [6.07, 6.45) is 6.70. The molecule has 6 heteroatoms. The molecule has 28 heavy (non-hydrogen) atoms. The number of rotatable bonds is 1. The first-order chi connectivity index (χ1) is 13.6. The van der Waals surface area contributed by atoms with Crippen molar-refractivity contribution >= 4 is 16.7 Å². The number of nitrogens with zero attached hydrogens (tertiary/aromatic N) is 4. The Bertz CT molecular complexity index is 871. The number of aromatic nitrogens is 2. The third kappa shape index (κ3) is 3.81. The molecule has 2 N–H and O–H groups in total. The van der Waals surface area contributed by atoms with Crippen molar-refractivity contribution < 1.29 is 4.39 Å². The summed E-state index contributed by atoms with van der Waals surface area (Å²) in [5.74, 6) is 3.35.